The zero-order chi connectivity index (χ0) is 28.1. The van der Waals surface area contributed by atoms with Gasteiger partial charge in [0.25, 0.3) is 0 Å². The van der Waals surface area contributed by atoms with E-state index < -0.39 is 23.4 Å². The molecule has 200 valence electrons. The molecule has 10 heteroatoms. The molecule has 0 aromatic heterocycles. The number of nitrogens with one attached hydrogen (secondary N) is 2. The van der Waals surface area contributed by atoms with Crippen molar-refractivity contribution in [1.29, 1.82) is 5.26 Å². The lowest BCUT2D eigenvalue weighted by Gasteiger charge is -2.19. The third-order valence-corrected chi connectivity index (χ3v) is 4.19. The minimum absolute atomic E-state index is 0.259. The number of carbonyl (C=O) groups is 2. The van der Waals surface area contributed by atoms with E-state index in [1.807, 2.05) is 84.0 Å². The van der Waals surface area contributed by atoms with Crippen molar-refractivity contribution in [2.75, 3.05) is 5.73 Å². The molecule has 0 aliphatic carbocycles. The van der Waals surface area contributed by atoms with E-state index in [0.29, 0.717) is 25.2 Å². The molecule has 0 unspecified atom stereocenters. The predicted octanol–water partition coefficient (Wildman–Crippen LogP) is 4.39. The molecule has 0 atom stereocenters. The molecule has 0 bridgehead atoms. The molecule has 10 nitrogen and oxygen atoms in total. The summed E-state index contributed by atoms with van der Waals surface area (Å²) >= 11 is 0. The third-order valence-electron chi connectivity index (χ3n) is 4.19. The number of amides is 2. The lowest BCUT2D eigenvalue weighted by molar-refractivity contribution is 0.0512. The van der Waals surface area contributed by atoms with E-state index in [-0.39, 0.29) is 5.84 Å². The van der Waals surface area contributed by atoms with Crippen LogP contribution in [0.5, 0.6) is 0 Å². The number of amidine groups is 1. The lowest BCUT2D eigenvalue weighted by atomic mass is 10.1. The van der Waals surface area contributed by atoms with E-state index in [0.717, 1.165) is 16.7 Å². The first kappa shape index (κ1) is 30.8. The maximum absolute atomic E-state index is 11.6. The summed E-state index contributed by atoms with van der Waals surface area (Å²) in [5.41, 5.74) is 13.7. The number of benzene rings is 2. The maximum atomic E-state index is 11.6. The summed E-state index contributed by atoms with van der Waals surface area (Å²) in [7, 11) is 0. The first-order chi connectivity index (χ1) is 17.2. The van der Waals surface area contributed by atoms with Gasteiger partial charge in [0, 0.05) is 25.2 Å². The van der Waals surface area contributed by atoms with Crippen molar-refractivity contribution in [3.8, 4) is 6.19 Å². The molecule has 0 spiro atoms. The van der Waals surface area contributed by atoms with Crippen LogP contribution < -0.4 is 22.1 Å². The van der Waals surface area contributed by atoms with Crippen molar-refractivity contribution in [3.05, 3.63) is 65.2 Å². The minimum Gasteiger partial charge on any atom is -0.444 e. The van der Waals surface area contributed by atoms with Gasteiger partial charge in [-0.25, -0.2) is 9.59 Å². The molecule has 0 radical (unpaired) electrons. The van der Waals surface area contributed by atoms with Crippen LogP contribution in [0.25, 0.3) is 0 Å². The van der Waals surface area contributed by atoms with Gasteiger partial charge in [0.1, 0.15) is 17.0 Å². The predicted molar refractivity (Wildman–Crippen MR) is 144 cm³/mol. The van der Waals surface area contributed by atoms with Gasteiger partial charge in [-0.3, -0.25) is 0 Å². The van der Waals surface area contributed by atoms with E-state index >= 15 is 0 Å². The zero-order valence-corrected chi connectivity index (χ0v) is 22.4. The van der Waals surface area contributed by atoms with Gasteiger partial charge in [-0.05, 0) is 70.4 Å². The van der Waals surface area contributed by atoms with Crippen LogP contribution in [0.1, 0.15) is 58.2 Å². The smallest absolute Gasteiger partial charge is 0.407 e. The normalized spacial score (nSPS) is 11.3. The Labute approximate surface area is 219 Å². The van der Waals surface area contributed by atoms with Gasteiger partial charge in [0.15, 0.2) is 0 Å². The number of hydrogen-bond donors (Lipinski definition) is 4. The number of anilines is 1. The van der Waals surface area contributed by atoms with Crippen LogP contribution in [-0.2, 0) is 29.0 Å². The van der Waals surface area contributed by atoms with E-state index in [9.17, 15) is 9.59 Å². The molecule has 2 rings (SSSR count). The number of hydrogen-bond acceptors (Lipinski definition) is 7. The molecule has 2 aromatic rings. The van der Waals surface area contributed by atoms with Crippen LogP contribution in [0.4, 0.5) is 15.3 Å². The van der Waals surface area contributed by atoms with E-state index in [1.165, 1.54) is 0 Å². The fraction of sp³-hybridized carbons (Fsp3) is 0.407. The van der Waals surface area contributed by atoms with E-state index in [2.05, 4.69) is 15.6 Å². The highest BCUT2D eigenvalue weighted by atomic mass is 16.6. The number of nitriles is 1. The highest BCUT2D eigenvalue weighted by Crippen LogP contribution is 2.10. The summed E-state index contributed by atoms with van der Waals surface area (Å²) in [6.45, 7) is 11.7. The molecule has 0 aliphatic rings. The zero-order valence-electron chi connectivity index (χ0n) is 22.4. The molecular weight excluding hydrogens is 472 g/mol. The number of alkyl carbamates (subject to hydrolysis) is 2. The van der Waals surface area contributed by atoms with Crippen molar-refractivity contribution in [1.82, 2.24) is 10.6 Å². The lowest BCUT2D eigenvalue weighted by Crippen LogP contribution is -2.32. The minimum atomic E-state index is -0.520. The molecule has 37 heavy (non-hydrogen) atoms. The molecule has 0 fully saturated rings. The Morgan fingerprint density at radius 2 is 1.32 bits per heavy atom. The second-order valence-electron chi connectivity index (χ2n) is 10.2. The molecule has 0 aliphatic heterocycles. The van der Waals surface area contributed by atoms with Crippen molar-refractivity contribution in [3.63, 3.8) is 0 Å². The Bertz CT molecular complexity index is 1110. The van der Waals surface area contributed by atoms with Crippen molar-refractivity contribution < 1.29 is 19.1 Å². The Balaban J connectivity index is 0.000000384. The molecule has 0 saturated heterocycles. The number of nitrogens with zero attached hydrogens (tertiary/aromatic N) is 2. The van der Waals surface area contributed by atoms with E-state index in [1.54, 1.807) is 12.3 Å². The Hall–Kier alpha value is -4.26. The SMILES string of the molecule is CC(C)(C)OC(=O)NCc1cccc(CC(N)=NC#N)c1.CC(C)(C)OC(=O)NCc1cccc(N)c1. The number of rotatable bonds is 6. The summed E-state index contributed by atoms with van der Waals surface area (Å²) in [5, 5.41) is 13.8. The average molecular weight is 511 g/mol. The van der Waals surface area contributed by atoms with Gasteiger partial charge in [0.05, 0.1) is 0 Å². The summed E-state index contributed by atoms with van der Waals surface area (Å²) in [6.07, 6.45) is 1.17. The Morgan fingerprint density at radius 3 is 1.78 bits per heavy atom. The Kier molecular flexibility index (Phi) is 11.9. The summed E-state index contributed by atoms with van der Waals surface area (Å²) < 4.78 is 10.3. The van der Waals surface area contributed by atoms with Crippen LogP contribution in [0, 0.1) is 11.5 Å². The fourth-order valence-corrected chi connectivity index (χ4v) is 2.84. The van der Waals surface area contributed by atoms with Crippen molar-refractivity contribution >= 4 is 23.7 Å². The summed E-state index contributed by atoms with van der Waals surface area (Å²) in [6, 6.07) is 14.9. The monoisotopic (exact) mass is 510 g/mol. The van der Waals surface area contributed by atoms with Crippen LogP contribution in [-0.4, -0.2) is 29.2 Å². The first-order valence-corrected chi connectivity index (χ1v) is 11.7. The topological polar surface area (TPSA) is 165 Å². The third kappa shape index (κ3) is 15.4. The first-order valence-electron chi connectivity index (χ1n) is 11.7. The fourth-order valence-electron chi connectivity index (χ4n) is 2.84. The average Bonchev–Trinajstić information content (AvgIpc) is 2.75. The molecular formula is C27H38N6O4. The number of ether oxygens (including phenoxy) is 2. The van der Waals surface area contributed by atoms with Crippen LogP contribution in [0.3, 0.4) is 0 Å². The van der Waals surface area contributed by atoms with Crippen molar-refractivity contribution in [2.45, 2.75) is 72.3 Å². The second kappa shape index (κ2) is 14.3. The van der Waals surface area contributed by atoms with Gasteiger partial charge in [-0.15, -0.1) is 0 Å². The molecule has 0 saturated carbocycles. The van der Waals surface area contributed by atoms with Crippen LogP contribution >= 0.6 is 0 Å². The highest BCUT2D eigenvalue weighted by molar-refractivity contribution is 5.83. The molecule has 2 aromatic carbocycles. The summed E-state index contributed by atoms with van der Waals surface area (Å²) in [5.74, 6) is 0.259. The number of aliphatic imine (C=N–C) groups is 1. The Morgan fingerprint density at radius 1 is 0.865 bits per heavy atom. The van der Waals surface area contributed by atoms with Gasteiger partial charge in [-0.1, -0.05) is 36.4 Å². The largest absolute Gasteiger partial charge is 0.444 e. The van der Waals surface area contributed by atoms with Gasteiger partial charge in [-0.2, -0.15) is 10.3 Å². The number of carbonyl (C=O) groups excluding carboxylic acids is 2. The van der Waals surface area contributed by atoms with Crippen LogP contribution in [0.2, 0.25) is 0 Å². The maximum Gasteiger partial charge on any atom is 0.407 e. The number of nitrogens with two attached hydrogens (primary N) is 2. The quantitative estimate of drug-likeness (QED) is 0.194. The second-order valence-corrected chi connectivity index (χ2v) is 10.2. The van der Waals surface area contributed by atoms with E-state index in [4.69, 9.17) is 26.2 Å². The molecule has 0 heterocycles. The molecule has 2 amide bonds. The van der Waals surface area contributed by atoms with Crippen LogP contribution in [0.15, 0.2) is 53.5 Å². The van der Waals surface area contributed by atoms with Gasteiger partial charge in [0.2, 0.25) is 6.19 Å². The van der Waals surface area contributed by atoms with Gasteiger partial charge < -0.3 is 31.6 Å². The highest BCUT2D eigenvalue weighted by Gasteiger charge is 2.16. The molecule has 6 N–H and O–H groups in total. The van der Waals surface area contributed by atoms with Crippen molar-refractivity contribution in [2.24, 2.45) is 10.7 Å². The summed E-state index contributed by atoms with van der Waals surface area (Å²) in [4.78, 5) is 26.4. The number of nitrogen functional groups attached to an aromatic ring is 1. The van der Waals surface area contributed by atoms with Gasteiger partial charge >= 0.3 is 12.2 Å². The standard InChI is InChI=1S/C15H20N4O2.C12H18N2O2/c1-15(2,3)21-14(20)18-9-12-6-4-5-11(7-12)8-13(17)19-10-16;1-12(2,3)16-11(15)14-8-9-5-4-6-10(13)7-9/h4-7H,8-9H2,1-3H3,(H2,17,19)(H,18,20);4-7H,8,13H2,1-3H3,(H,14,15).